The smallest absolute Gasteiger partial charge is 0.261 e. The first-order valence-corrected chi connectivity index (χ1v) is 8.41. The summed E-state index contributed by atoms with van der Waals surface area (Å²) in [5.74, 6) is 0.699. The highest BCUT2D eigenvalue weighted by atomic mass is 16.7. The van der Waals surface area contributed by atoms with Gasteiger partial charge in [0.1, 0.15) is 5.56 Å². The molecule has 0 spiro atoms. The van der Waals surface area contributed by atoms with Gasteiger partial charge >= 0.3 is 0 Å². The van der Waals surface area contributed by atoms with Gasteiger partial charge < -0.3 is 19.4 Å². The van der Waals surface area contributed by atoms with Crippen molar-refractivity contribution in [2.45, 2.75) is 20.4 Å². The summed E-state index contributed by atoms with van der Waals surface area (Å²) in [6.07, 6.45) is 1.59. The maximum absolute atomic E-state index is 12.9. The first-order chi connectivity index (χ1) is 12.6. The van der Waals surface area contributed by atoms with Gasteiger partial charge in [-0.05, 0) is 32.0 Å². The Morgan fingerprint density at radius 1 is 1.15 bits per heavy atom. The van der Waals surface area contributed by atoms with Gasteiger partial charge in [0.2, 0.25) is 12.2 Å². The number of pyridine rings is 1. The minimum atomic E-state index is -0.430. The van der Waals surface area contributed by atoms with E-state index < -0.39 is 5.91 Å². The van der Waals surface area contributed by atoms with Gasteiger partial charge in [0.15, 0.2) is 11.5 Å². The van der Waals surface area contributed by atoms with Crippen LogP contribution in [0.3, 0.4) is 0 Å². The molecule has 1 aliphatic rings. The van der Waals surface area contributed by atoms with Crippen molar-refractivity contribution in [3.63, 3.8) is 0 Å². The zero-order valence-electron chi connectivity index (χ0n) is 14.5. The first kappa shape index (κ1) is 16.2. The number of hydrogen-bond acceptors (Lipinski definition) is 4. The maximum Gasteiger partial charge on any atom is 0.261 e. The second-order valence-corrected chi connectivity index (χ2v) is 6.20. The highest BCUT2D eigenvalue weighted by molar-refractivity contribution is 6.06. The normalized spacial score (nSPS) is 12.4. The molecule has 6 heteroatoms. The number of aromatic nitrogens is 1. The molecule has 6 nitrogen and oxygen atoms in total. The van der Waals surface area contributed by atoms with Crippen LogP contribution in [0, 0.1) is 6.92 Å². The van der Waals surface area contributed by atoms with Gasteiger partial charge in [-0.3, -0.25) is 9.59 Å². The number of anilines is 1. The second-order valence-electron chi connectivity index (χ2n) is 6.20. The Labute approximate surface area is 150 Å². The van der Waals surface area contributed by atoms with E-state index in [1.165, 1.54) is 0 Å². The molecule has 2 heterocycles. The van der Waals surface area contributed by atoms with Crippen LogP contribution < -0.4 is 20.2 Å². The van der Waals surface area contributed by atoms with Crippen molar-refractivity contribution in [2.24, 2.45) is 0 Å². The number of carbonyl (C=O) groups is 1. The second kappa shape index (κ2) is 6.22. The van der Waals surface area contributed by atoms with E-state index in [4.69, 9.17) is 9.47 Å². The average molecular weight is 350 g/mol. The lowest BCUT2D eigenvalue weighted by molar-refractivity contribution is 0.102. The van der Waals surface area contributed by atoms with E-state index in [-0.39, 0.29) is 17.8 Å². The number of fused-ring (bicyclic) bond motifs is 2. The Hall–Kier alpha value is -3.28. The fourth-order valence-corrected chi connectivity index (χ4v) is 3.04. The number of carbonyl (C=O) groups excluding carboxylic acids is 1. The number of nitrogens with zero attached hydrogens (tertiary/aromatic N) is 1. The Morgan fingerprint density at radius 3 is 2.54 bits per heavy atom. The Balaban J connectivity index is 1.81. The minimum absolute atomic E-state index is 0.0961. The van der Waals surface area contributed by atoms with Crippen molar-refractivity contribution in [2.75, 3.05) is 12.1 Å². The average Bonchev–Trinajstić information content (AvgIpc) is 3.10. The van der Waals surface area contributed by atoms with E-state index in [2.05, 4.69) is 5.32 Å². The van der Waals surface area contributed by atoms with E-state index in [0.29, 0.717) is 34.6 Å². The monoisotopic (exact) mass is 350 g/mol. The van der Waals surface area contributed by atoms with Gasteiger partial charge in [-0.25, -0.2) is 0 Å². The summed E-state index contributed by atoms with van der Waals surface area (Å²) in [6.45, 7) is 4.67. The third-order valence-corrected chi connectivity index (χ3v) is 4.47. The third-order valence-electron chi connectivity index (χ3n) is 4.47. The summed E-state index contributed by atoms with van der Waals surface area (Å²) in [4.78, 5) is 25.6. The summed E-state index contributed by atoms with van der Waals surface area (Å²) in [6, 6.07) is 10.9. The summed E-state index contributed by atoms with van der Waals surface area (Å²) < 4.78 is 12.6. The molecular formula is C20H18N2O4. The molecule has 0 unspecified atom stereocenters. The molecule has 1 aromatic heterocycles. The predicted octanol–water partition coefficient (Wildman–Crippen LogP) is 3.31. The van der Waals surface area contributed by atoms with E-state index in [9.17, 15) is 9.59 Å². The molecule has 0 saturated carbocycles. The number of nitrogens with one attached hydrogen (secondary N) is 1. The maximum atomic E-state index is 12.9. The van der Waals surface area contributed by atoms with Gasteiger partial charge in [0.05, 0.1) is 10.9 Å². The molecule has 0 aliphatic carbocycles. The first-order valence-electron chi connectivity index (χ1n) is 8.41. The van der Waals surface area contributed by atoms with Crippen LogP contribution in [-0.4, -0.2) is 17.3 Å². The lowest BCUT2D eigenvalue weighted by atomic mass is 10.1. The molecule has 4 rings (SSSR count). The molecule has 0 bridgehead atoms. The summed E-state index contributed by atoms with van der Waals surface area (Å²) in [5, 5.41) is 3.22. The Kier molecular flexibility index (Phi) is 3.88. The predicted molar refractivity (Wildman–Crippen MR) is 99.1 cm³/mol. The minimum Gasteiger partial charge on any atom is -0.454 e. The van der Waals surface area contributed by atoms with Crippen molar-refractivity contribution in [3.05, 3.63) is 63.9 Å². The van der Waals surface area contributed by atoms with Gasteiger partial charge in [-0.15, -0.1) is 0 Å². The molecule has 0 atom stereocenters. The molecule has 26 heavy (non-hydrogen) atoms. The van der Waals surface area contributed by atoms with Crippen LogP contribution in [0.1, 0.15) is 22.8 Å². The van der Waals surface area contributed by atoms with Crippen LogP contribution in [0.5, 0.6) is 11.5 Å². The standard InChI is InChI=1S/C20H18N2O4/c1-3-22-10-15(20(24)21-13-6-4-12(2)5-7-13)19(23)14-8-17-18(9-16(14)22)26-11-25-17/h4-10H,3,11H2,1-2H3,(H,21,24). The lowest BCUT2D eigenvalue weighted by Crippen LogP contribution is -2.23. The van der Waals surface area contributed by atoms with E-state index in [0.717, 1.165) is 5.56 Å². The quantitative estimate of drug-likeness (QED) is 0.787. The number of hydrogen-bond donors (Lipinski definition) is 1. The number of ether oxygens (including phenoxy) is 2. The molecule has 1 N–H and O–H groups in total. The number of benzene rings is 2. The van der Waals surface area contributed by atoms with Gasteiger partial charge in [-0.2, -0.15) is 0 Å². The topological polar surface area (TPSA) is 69.6 Å². The van der Waals surface area contributed by atoms with Crippen LogP contribution >= 0.6 is 0 Å². The Morgan fingerprint density at radius 2 is 1.85 bits per heavy atom. The van der Waals surface area contributed by atoms with Crippen LogP contribution in [0.15, 0.2) is 47.4 Å². The van der Waals surface area contributed by atoms with Gasteiger partial charge in [-0.1, -0.05) is 17.7 Å². The summed E-state index contributed by atoms with van der Waals surface area (Å²) in [7, 11) is 0. The van der Waals surface area contributed by atoms with Gasteiger partial charge in [0.25, 0.3) is 5.91 Å². The fraction of sp³-hybridized carbons (Fsp3) is 0.200. The van der Waals surface area contributed by atoms with Crippen molar-refractivity contribution in [3.8, 4) is 11.5 Å². The molecule has 132 valence electrons. The molecule has 1 amide bonds. The van der Waals surface area contributed by atoms with Crippen LogP contribution in [-0.2, 0) is 6.54 Å². The highest BCUT2D eigenvalue weighted by Gasteiger charge is 2.20. The van der Waals surface area contributed by atoms with E-state index in [1.54, 1.807) is 18.3 Å². The molecular weight excluding hydrogens is 332 g/mol. The lowest BCUT2D eigenvalue weighted by Gasteiger charge is -2.12. The molecule has 0 radical (unpaired) electrons. The zero-order valence-corrected chi connectivity index (χ0v) is 14.5. The molecule has 1 aliphatic heterocycles. The van der Waals surface area contributed by atoms with Gasteiger partial charge in [0, 0.05) is 24.5 Å². The van der Waals surface area contributed by atoms with Crippen molar-refractivity contribution < 1.29 is 14.3 Å². The Bertz CT molecular complexity index is 1070. The largest absolute Gasteiger partial charge is 0.454 e. The van der Waals surface area contributed by atoms with Crippen LogP contribution in [0.25, 0.3) is 10.9 Å². The van der Waals surface area contributed by atoms with Crippen LogP contribution in [0.2, 0.25) is 0 Å². The molecule has 3 aromatic rings. The molecule has 0 fully saturated rings. The van der Waals surface area contributed by atoms with E-state index >= 15 is 0 Å². The number of rotatable bonds is 3. The van der Waals surface area contributed by atoms with Crippen molar-refractivity contribution in [1.82, 2.24) is 4.57 Å². The number of amides is 1. The summed E-state index contributed by atoms with van der Waals surface area (Å²) in [5.41, 5.74) is 2.23. The van der Waals surface area contributed by atoms with Crippen molar-refractivity contribution >= 4 is 22.5 Å². The summed E-state index contributed by atoms with van der Waals surface area (Å²) >= 11 is 0. The fourth-order valence-electron chi connectivity index (χ4n) is 3.04. The highest BCUT2D eigenvalue weighted by Crippen LogP contribution is 2.35. The SMILES string of the molecule is CCn1cc(C(=O)Nc2ccc(C)cc2)c(=O)c2cc3c(cc21)OCO3. The van der Waals surface area contributed by atoms with Crippen molar-refractivity contribution in [1.29, 1.82) is 0 Å². The molecule has 0 saturated heterocycles. The van der Waals surface area contributed by atoms with E-state index in [1.807, 2.05) is 42.7 Å². The zero-order chi connectivity index (χ0) is 18.3. The third kappa shape index (κ3) is 2.69. The molecule has 2 aromatic carbocycles. The number of aryl methyl sites for hydroxylation is 2. The van der Waals surface area contributed by atoms with Crippen LogP contribution in [0.4, 0.5) is 5.69 Å².